The van der Waals surface area contributed by atoms with E-state index >= 15 is 0 Å². The number of carbonyl (C=O) groups is 7. The average molecular weight is 1160 g/mol. The summed E-state index contributed by atoms with van der Waals surface area (Å²) in [5.74, 6) is -5.31. The number of hydrogen-bond donors (Lipinski definition) is 0. The second-order valence-corrected chi connectivity index (χ2v) is 22.0. The molecule has 0 atom stereocenters. The zero-order valence-corrected chi connectivity index (χ0v) is 49.5. The summed E-state index contributed by atoms with van der Waals surface area (Å²) in [5, 5.41) is 56.0. The molecule has 16 heteroatoms. The third-order valence-electron chi connectivity index (χ3n) is 14.9. The molecule has 0 fully saturated rings. The number of carboxylic acid groups (broad SMARTS) is 4. The molecule has 0 aromatic heterocycles. The molecule has 0 aliphatic heterocycles. The summed E-state index contributed by atoms with van der Waals surface area (Å²) >= 11 is 0. The number of aromatic carboxylic acids is 4. The van der Waals surface area contributed by atoms with Gasteiger partial charge in [0.05, 0.1) is 41.5 Å². The molecule has 0 radical (unpaired) electrons. The SMILES string of the molecule is CC(=O)Oc1ccc(C(C)(C)c2ccccc2C(=O)[O-])cc1.CC(=O)c1ccc(C(C)(C)c2ccccc2C(=O)[O-])cc1.CC(C)(c1ccccc1)c1ccc([N+](=O)[O-])cc1C(=O)[O-].COC(=O)c1ccc(C(C)(C)c2ccccc2C(=O)[O-])cc1. The van der Waals surface area contributed by atoms with Crippen LogP contribution in [0, 0.1) is 10.1 Å². The molecule has 0 spiro atoms. The number of esters is 2. The van der Waals surface area contributed by atoms with Gasteiger partial charge in [-0.05, 0) is 75.7 Å². The summed E-state index contributed by atoms with van der Waals surface area (Å²) in [6, 6.07) is 54.9. The van der Waals surface area contributed by atoms with Crippen molar-refractivity contribution in [1.29, 1.82) is 0 Å². The zero-order chi connectivity index (χ0) is 63.9. The highest BCUT2D eigenvalue weighted by Crippen LogP contribution is 2.38. The lowest BCUT2D eigenvalue weighted by atomic mass is 9.76. The van der Waals surface area contributed by atoms with Crippen molar-refractivity contribution < 1.29 is 68.4 Å². The highest BCUT2D eigenvalue weighted by Gasteiger charge is 2.30. The molecule has 0 N–H and O–H groups in total. The number of carbonyl (C=O) groups excluding carboxylic acids is 7. The van der Waals surface area contributed by atoms with Gasteiger partial charge in [-0.15, -0.1) is 0 Å². The predicted molar refractivity (Wildman–Crippen MR) is 317 cm³/mol. The van der Waals surface area contributed by atoms with E-state index in [1.807, 2.05) is 116 Å². The Kier molecular flexibility index (Phi) is 21.9. The maximum atomic E-state index is 11.5. The molecule has 86 heavy (non-hydrogen) atoms. The van der Waals surface area contributed by atoms with Gasteiger partial charge in [0.2, 0.25) is 0 Å². The molecule has 0 amide bonds. The molecule has 0 aliphatic rings. The van der Waals surface area contributed by atoms with Crippen LogP contribution in [0.3, 0.4) is 0 Å². The number of non-ortho nitro benzene ring substituents is 1. The fourth-order valence-electron chi connectivity index (χ4n) is 9.82. The lowest BCUT2D eigenvalue weighted by Crippen LogP contribution is -2.29. The normalized spacial score (nSPS) is 11.1. The molecule has 0 saturated heterocycles. The first-order valence-corrected chi connectivity index (χ1v) is 26.9. The molecule has 16 nitrogen and oxygen atoms in total. The number of benzene rings is 8. The zero-order valence-electron chi connectivity index (χ0n) is 49.5. The Labute approximate surface area is 499 Å². The third-order valence-corrected chi connectivity index (χ3v) is 14.9. The number of ether oxygens (including phenoxy) is 2. The Morgan fingerprint density at radius 2 is 0.698 bits per heavy atom. The number of ketones is 1. The second kappa shape index (κ2) is 28.3. The Morgan fingerprint density at radius 3 is 1.02 bits per heavy atom. The van der Waals surface area contributed by atoms with Gasteiger partial charge in [-0.1, -0.05) is 213 Å². The minimum Gasteiger partial charge on any atom is -0.545 e. The van der Waals surface area contributed by atoms with Crippen LogP contribution >= 0.6 is 0 Å². The molecule has 0 aliphatic carbocycles. The van der Waals surface area contributed by atoms with E-state index in [4.69, 9.17) is 4.74 Å². The Hall–Kier alpha value is -10.4. The minimum atomic E-state index is -1.42. The summed E-state index contributed by atoms with van der Waals surface area (Å²) in [5.41, 5.74) is 5.26. The van der Waals surface area contributed by atoms with Gasteiger partial charge in [0.25, 0.3) is 5.69 Å². The van der Waals surface area contributed by atoms with Gasteiger partial charge in [0, 0.05) is 68.5 Å². The van der Waals surface area contributed by atoms with E-state index in [0.717, 1.165) is 28.3 Å². The van der Waals surface area contributed by atoms with Crippen LogP contribution in [0.2, 0.25) is 0 Å². The maximum Gasteiger partial charge on any atom is 0.337 e. The molecule has 8 aromatic carbocycles. The van der Waals surface area contributed by atoms with Gasteiger partial charge in [0.15, 0.2) is 5.78 Å². The van der Waals surface area contributed by atoms with E-state index in [1.165, 1.54) is 39.2 Å². The quantitative estimate of drug-likeness (QED) is 0.0286. The number of rotatable bonds is 16. The van der Waals surface area contributed by atoms with Crippen LogP contribution in [0.5, 0.6) is 5.75 Å². The maximum absolute atomic E-state index is 11.5. The van der Waals surface area contributed by atoms with E-state index in [0.29, 0.717) is 39.1 Å². The highest BCUT2D eigenvalue weighted by molar-refractivity contribution is 5.94. The number of nitro groups is 1. The summed E-state index contributed by atoms with van der Waals surface area (Å²) in [6.45, 7) is 18.3. The first kappa shape index (κ1) is 66.5. The molecule has 8 aromatic rings. The lowest BCUT2D eigenvalue weighted by molar-refractivity contribution is -0.385. The van der Waals surface area contributed by atoms with Crippen molar-refractivity contribution in [1.82, 2.24) is 0 Å². The summed E-state index contributed by atoms with van der Waals surface area (Å²) in [6.07, 6.45) is 0. The number of carboxylic acids is 4. The largest absolute Gasteiger partial charge is 0.545 e. The van der Waals surface area contributed by atoms with Gasteiger partial charge in [-0.2, -0.15) is 0 Å². The summed E-state index contributed by atoms with van der Waals surface area (Å²) in [7, 11) is 1.33. The Morgan fingerprint density at radius 1 is 0.384 bits per heavy atom. The molecular weight excluding hydrogens is 1090 g/mol. The number of Topliss-reactive ketones (excluding diaryl/α,β-unsaturated/α-hetero) is 1. The van der Waals surface area contributed by atoms with Crippen molar-refractivity contribution in [2.24, 2.45) is 0 Å². The van der Waals surface area contributed by atoms with Crippen LogP contribution in [-0.4, -0.2) is 53.6 Å². The first-order valence-electron chi connectivity index (χ1n) is 26.9. The van der Waals surface area contributed by atoms with Gasteiger partial charge < -0.3 is 49.1 Å². The monoisotopic (exact) mass is 1160 g/mol. The average Bonchev–Trinajstić information content (AvgIpc) is 3.44. The highest BCUT2D eigenvalue weighted by atomic mass is 16.6. The van der Waals surface area contributed by atoms with Crippen molar-refractivity contribution in [3.05, 3.63) is 282 Å². The van der Waals surface area contributed by atoms with E-state index in [9.17, 15) is 64.1 Å². The van der Waals surface area contributed by atoms with Crippen molar-refractivity contribution in [3.63, 3.8) is 0 Å². The molecule has 8 rings (SSSR count). The van der Waals surface area contributed by atoms with Crippen LogP contribution in [0.4, 0.5) is 5.69 Å². The fourth-order valence-corrected chi connectivity index (χ4v) is 9.82. The summed E-state index contributed by atoms with van der Waals surface area (Å²) < 4.78 is 9.68. The first-order chi connectivity index (χ1) is 40.4. The molecule has 0 unspecified atom stereocenters. The van der Waals surface area contributed by atoms with Gasteiger partial charge in [-0.25, -0.2) is 4.79 Å². The molecular formula is C70H65NO15-4. The van der Waals surface area contributed by atoms with Crippen molar-refractivity contribution in [2.75, 3.05) is 7.11 Å². The van der Waals surface area contributed by atoms with Crippen LogP contribution in [0.25, 0.3) is 0 Å². The van der Waals surface area contributed by atoms with Crippen LogP contribution < -0.4 is 25.2 Å². The molecule has 0 bridgehead atoms. The number of methoxy groups -OCH3 is 1. The molecule has 0 saturated carbocycles. The standard InChI is InChI=1S/2C18H18O4.C18H18O3.C16H15NO4/c1-18(2,15-7-5-4-6-14(15)16(19)20)13-10-8-12(9-11-13)17(21)22-3;1-12(19)22-14-10-8-13(9-11-14)18(2,3)16-7-5-4-6-15(16)17(20)21;1-12(19)13-8-10-14(11-9-13)18(2,3)16-7-5-4-6-15(16)17(20)21;1-16(2,11-6-4-3-5-7-11)14-9-8-12(17(20)21)10-13(14)15(18)19/h4-11H,1-3H3,(H,19,20);4-11H,1-3H3,(H,20,21);4-11H,1-3H3,(H,20,21);3-10H,1-2H3,(H,18,19)/p-4. The number of nitro benzene ring substituents is 1. The smallest absolute Gasteiger partial charge is 0.337 e. The lowest BCUT2D eigenvalue weighted by Gasteiger charge is -2.29. The van der Waals surface area contributed by atoms with Gasteiger partial charge in [-0.3, -0.25) is 19.7 Å². The fraction of sp³-hybridized carbons (Fsp3) is 0.214. The Bertz CT molecular complexity index is 3770. The Balaban J connectivity index is 0.000000209. The van der Waals surface area contributed by atoms with Crippen LogP contribution in [-0.2, 0) is 31.2 Å². The summed E-state index contributed by atoms with van der Waals surface area (Å²) in [4.78, 5) is 89.2. The number of nitrogens with zero attached hydrogens (tertiary/aromatic N) is 1. The van der Waals surface area contributed by atoms with Gasteiger partial charge in [0.1, 0.15) is 5.75 Å². The van der Waals surface area contributed by atoms with Crippen LogP contribution in [0.15, 0.2) is 194 Å². The van der Waals surface area contributed by atoms with E-state index in [1.54, 1.807) is 109 Å². The minimum absolute atomic E-state index is 0.00879. The van der Waals surface area contributed by atoms with Crippen molar-refractivity contribution in [3.8, 4) is 5.75 Å². The second-order valence-electron chi connectivity index (χ2n) is 22.0. The molecule has 0 heterocycles. The van der Waals surface area contributed by atoms with Crippen LogP contribution in [0.1, 0.15) is 176 Å². The van der Waals surface area contributed by atoms with E-state index in [2.05, 4.69) is 4.74 Å². The van der Waals surface area contributed by atoms with E-state index < -0.39 is 56.4 Å². The van der Waals surface area contributed by atoms with Gasteiger partial charge >= 0.3 is 11.9 Å². The van der Waals surface area contributed by atoms with Crippen molar-refractivity contribution >= 4 is 47.3 Å². The third kappa shape index (κ3) is 16.0. The topological polar surface area (TPSA) is 273 Å². The molecule has 444 valence electrons. The predicted octanol–water partition coefficient (Wildman–Crippen LogP) is 9.33. The van der Waals surface area contributed by atoms with Crippen molar-refractivity contribution in [2.45, 2.75) is 90.9 Å². The number of hydrogen-bond acceptors (Lipinski definition) is 15. The van der Waals surface area contributed by atoms with E-state index in [-0.39, 0.29) is 39.7 Å².